The highest BCUT2D eigenvalue weighted by molar-refractivity contribution is 6.05. The van der Waals surface area contributed by atoms with Gasteiger partial charge in [0.15, 0.2) is 0 Å². The van der Waals surface area contributed by atoms with Crippen molar-refractivity contribution in [1.29, 1.82) is 0 Å². The molecule has 0 saturated heterocycles. The highest BCUT2D eigenvalue weighted by atomic mass is 16.5. The fourth-order valence-corrected chi connectivity index (χ4v) is 3.53. The summed E-state index contributed by atoms with van der Waals surface area (Å²) in [5.41, 5.74) is 2.32. The number of anilines is 1. The number of benzene rings is 4. The van der Waals surface area contributed by atoms with Crippen molar-refractivity contribution in [3.8, 4) is 28.4 Å². The number of ether oxygens (including phenoxy) is 2. The lowest BCUT2D eigenvalue weighted by atomic mass is 10.0. The van der Waals surface area contributed by atoms with Crippen LogP contribution in [-0.4, -0.2) is 23.6 Å². The summed E-state index contributed by atoms with van der Waals surface area (Å²) in [6.45, 7) is 4.77. The monoisotopic (exact) mass is 481 g/mol. The van der Waals surface area contributed by atoms with Crippen LogP contribution in [0.2, 0.25) is 0 Å². The van der Waals surface area contributed by atoms with Crippen molar-refractivity contribution in [2.45, 2.75) is 13.8 Å². The van der Waals surface area contributed by atoms with E-state index in [0.717, 1.165) is 11.3 Å². The number of hydrogen-bond acceptors (Lipinski definition) is 4. The summed E-state index contributed by atoms with van der Waals surface area (Å²) >= 11 is 0. The number of hydrogen-bond donors (Lipinski definition) is 2. The van der Waals surface area contributed by atoms with Crippen LogP contribution < -0.4 is 14.8 Å². The maximum atomic E-state index is 13.0. The maximum absolute atomic E-state index is 13.0. The SMILES string of the molecule is CC(C)COc1ccc(-c2cc(NC(=O)c3cccc(Oc4ccccc4)c3)cc(C(=O)O)c2)cc1. The second kappa shape index (κ2) is 11.2. The van der Waals surface area contributed by atoms with E-state index in [1.54, 1.807) is 36.4 Å². The summed E-state index contributed by atoms with van der Waals surface area (Å²) < 4.78 is 11.6. The van der Waals surface area contributed by atoms with Gasteiger partial charge in [-0.05, 0) is 77.7 Å². The molecule has 0 spiro atoms. The summed E-state index contributed by atoms with van der Waals surface area (Å²) in [5, 5.41) is 12.4. The largest absolute Gasteiger partial charge is 0.493 e. The van der Waals surface area contributed by atoms with Gasteiger partial charge in [-0.1, -0.05) is 50.2 Å². The summed E-state index contributed by atoms with van der Waals surface area (Å²) in [6, 6.07) is 28.3. The minimum absolute atomic E-state index is 0.0732. The van der Waals surface area contributed by atoms with Gasteiger partial charge in [0.25, 0.3) is 5.91 Å². The molecule has 0 fully saturated rings. The van der Waals surface area contributed by atoms with Crippen molar-refractivity contribution in [3.05, 3.63) is 108 Å². The molecular weight excluding hydrogens is 454 g/mol. The number of carboxylic acid groups (broad SMARTS) is 1. The molecule has 6 heteroatoms. The zero-order chi connectivity index (χ0) is 25.5. The second-order valence-corrected chi connectivity index (χ2v) is 8.73. The molecule has 4 aromatic carbocycles. The van der Waals surface area contributed by atoms with Crippen molar-refractivity contribution in [3.63, 3.8) is 0 Å². The third-order valence-electron chi connectivity index (χ3n) is 5.28. The first-order valence-corrected chi connectivity index (χ1v) is 11.6. The zero-order valence-electron chi connectivity index (χ0n) is 20.1. The van der Waals surface area contributed by atoms with E-state index < -0.39 is 5.97 Å². The van der Waals surface area contributed by atoms with E-state index in [-0.39, 0.29) is 11.5 Å². The lowest BCUT2D eigenvalue weighted by Gasteiger charge is -2.12. The number of carboxylic acids is 1. The number of para-hydroxylation sites is 1. The summed E-state index contributed by atoms with van der Waals surface area (Å²) in [4.78, 5) is 24.8. The lowest BCUT2D eigenvalue weighted by molar-refractivity contribution is 0.0696. The van der Waals surface area contributed by atoms with Gasteiger partial charge >= 0.3 is 5.97 Å². The van der Waals surface area contributed by atoms with E-state index >= 15 is 0 Å². The second-order valence-electron chi connectivity index (χ2n) is 8.73. The Labute approximate surface area is 210 Å². The van der Waals surface area contributed by atoms with E-state index in [1.807, 2.05) is 54.6 Å². The van der Waals surface area contributed by atoms with Crippen LogP contribution in [0.15, 0.2) is 97.1 Å². The van der Waals surface area contributed by atoms with Crippen LogP contribution in [0.4, 0.5) is 5.69 Å². The number of carbonyl (C=O) groups is 2. The van der Waals surface area contributed by atoms with Crippen LogP contribution >= 0.6 is 0 Å². The Morgan fingerprint density at radius 1 is 0.750 bits per heavy atom. The minimum Gasteiger partial charge on any atom is -0.493 e. The van der Waals surface area contributed by atoms with Gasteiger partial charge in [0.2, 0.25) is 0 Å². The highest BCUT2D eigenvalue weighted by Crippen LogP contribution is 2.28. The van der Waals surface area contributed by atoms with Crippen LogP contribution in [0.3, 0.4) is 0 Å². The smallest absolute Gasteiger partial charge is 0.335 e. The predicted molar refractivity (Wildman–Crippen MR) is 140 cm³/mol. The van der Waals surface area contributed by atoms with E-state index in [0.29, 0.717) is 40.8 Å². The van der Waals surface area contributed by atoms with Crippen LogP contribution in [0.5, 0.6) is 17.2 Å². The lowest BCUT2D eigenvalue weighted by Crippen LogP contribution is -2.12. The summed E-state index contributed by atoms with van der Waals surface area (Å²) in [5.74, 6) is 0.881. The fraction of sp³-hybridized carbons (Fsp3) is 0.133. The van der Waals surface area contributed by atoms with Crippen molar-refractivity contribution in [1.82, 2.24) is 0 Å². The first-order chi connectivity index (χ1) is 17.4. The zero-order valence-corrected chi connectivity index (χ0v) is 20.1. The number of carbonyl (C=O) groups excluding carboxylic acids is 1. The molecule has 0 aliphatic rings. The molecule has 0 aliphatic carbocycles. The Morgan fingerprint density at radius 2 is 1.47 bits per heavy atom. The van der Waals surface area contributed by atoms with Gasteiger partial charge < -0.3 is 19.9 Å². The molecular formula is C30H27NO5. The Kier molecular flexibility index (Phi) is 7.66. The molecule has 4 rings (SSSR count). The van der Waals surface area contributed by atoms with E-state index in [1.165, 1.54) is 6.07 Å². The Bertz CT molecular complexity index is 1350. The minimum atomic E-state index is -1.08. The molecule has 0 saturated carbocycles. The third-order valence-corrected chi connectivity index (χ3v) is 5.28. The standard InChI is InChI=1S/C30H27NO5/c1-20(2)19-35-26-13-11-21(12-14-26)23-15-24(30(33)34)17-25(16-23)31-29(32)22-7-6-10-28(18-22)36-27-8-4-3-5-9-27/h3-18,20H,19H2,1-2H3,(H,31,32)(H,33,34). The van der Waals surface area contributed by atoms with Crippen molar-refractivity contribution >= 4 is 17.6 Å². The van der Waals surface area contributed by atoms with Crippen molar-refractivity contribution < 1.29 is 24.2 Å². The molecule has 6 nitrogen and oxygen atoms in total. The normalized spacial score (nSPS) is 10.6. The van der Waals surface area contributed by atoms with E-state index in [4.69, 9.17) is 9.47 Å². The fourth-order valence-electron chi connectivity index (χ4n) is 3.53. The molecule has 2 N–H and O–H groups in total. The van der Waals surface area contributed by atoms with E-state index in [2.05, 4.69) is 19.2 Å². The molecule has 0 radical (unpaired) electrons. The van der Waals surface area contributed by atoms with Crippen LogP contribution in [0, 0.1) is 5.92 Å². The van der Waals surface area contributed by atoms with Crippen LogP contribution in [0.25, 0.3) is 11.1 Å². The van der Waals surface area contributed by atoms with E-state index in [9.17, 15) is 14.7 Å². The van der Waals surface area contributed by atoms with Gasteiger partial charge in [-0.2, -0.15) is 0 Å². The van der Waals surface area contributed by atoms with Crippen LogP contribution in [0.1, 0.15) is 34.6 Å². The molecule has 36 heavy (non-hydrogen) atoms. The molecule has 0 aliphatic heterocycles. The van der Waals surface area contributed by atoms with Crippen molar-refractivity contribution in [2.24, 2.45) is 5.92 Å². The predicted octanol–water partition coefficient (Wildman–Crippen LogP) is 7.13. The average molecular weight is 482 g/mol. The van der Waals surface area contributed by atoms with Gasteiger partial charge in [0.05, 0.1) is 12.2 Å². The molecule has 4 aromatic rings. The van der Waals surface area contributed by atoms with Gasteiger partial charge in [-0.25, -0.2) is 4.79 Å². The molecule has 182 valence electrons. The van der Waals surface area contributed by atoms with Crippen LogP contribution in [-0.2, 0) is 0 Å². The Balaban J connectivity index is 1.54. The molecule has 0 bridgehead atoms. The third kappa shape index (κ3) is 6.51. The maximum Gasteiger partial charge on any atom is 0.335 e. The topological polar surface area (TPSA) is 84.9 Å². The van der Waals surface area contributed by atoms with Gasteiger partial charge in [0.1, 0.15) is 17.2 Å². The Hall–Kier alpha value is -4.58. The summed E-state index contributed by atoms with van der Waals surface area (Å²) in [7, 11) is 0. The summed E-state index contributed by atoms with van der Waals surface area (Å²) in [6.07, 6.45) is 0. The quantitative estimate of drug-likeness (QED) is 0.266. The number of amides is 1. The highest BCUT2D eigenvalue weighted by Gasteiger charge is 2.13. The molecule has 1 amide bonds. The number of rotatable bonds is 9. The number of nitrogens with one attached hydrogen (secondary N) is 1. The Morgan fingerprint density at radius 3 is 2.17 bits per heavy atom. The first kappa shape index (κ1) is 24.5. The van der Waals surface area contributed by atoms with Crippen molar-refractivity contribution in [2.75, 3.05) is 11.9 Å². The molecule has 0 heterocycles. The molecule has 0 unspecified atom stereocenters. The van der Waals surface area contributed by atoms with Gasteiger partial charge in [-0.3, -0.25) is 4.79 Å². The molecule has 0 aromatic heterocycles. The first-order valence-electron chi connectivity index (χ1n) is 11.6. The number of aromatic carboxylic acids is 1. The van der Waals surface area contributed by atoms with Gasteiger partial charge in [-0.15, -0.1) is 0 Å². The molecule has 0 atom stereocenters. The average Bonchev–Trinajstić information content (AvgIpc) is 2.88. The van der Waals surface area contributed by atoms with Gasteiger partial charge in [0, 0.05) is 11.3 Å².